The molecule has 3 N–H and O–H groups in total. The Kier molecular flexibility index (Phi) is 5.80. The Morgan fingerprint density at radius 1 is 1.30 bits per heavy atom. The fraction of sp³-hybridized carbons (Fsp3) is 0.412. The van der Waals surface area contributed by atoms with E-state index < -0.39 is 0 Å². The van der Waals surface area contributed by atoms with Crippen LogP contribution in [0.5, 0.6) is 0 Å². The second-order valence-electron chi connectivity index (χ2n) is 5.82. The van der Waals surface area contributed by atoms with E-state index >= 15 is 0 Å². The molecular weight excluding hydrogens is 314 g/mol. The van der Waals surface area contributed by atoms with Crippen LogP contribution < -0.4 is 11.3 Å². The van der Waals surface area contributed by atoms with Crippen molar-refractivity contribution in [1.29, 1.82) is 0 Å². The lowest BCUT2D eigenvalue weighted by atomic mass is 9.97. The molecule has 1 aliphatic rings. The summed E-state index contributed by atoms with van der Waals surface area (Å²) in [5.41, 5.74) is 6.63. The maximum absolute atomic E-state index is 13.0. The van der Waals surface area contributed by atoms with E-state index in [1.165, 1.54) is 6.07 Å². The molecular formula is C17H22ClN3O2. The maximum atomic E-state index is 13.0. The third-order valence-electron chi connectivity index (χ3n) is 4.37. The van der Waals surface area contributed by atoms with Gasteiger partial charge in [-0.15, -0.1) is 12.4 Å². The van der Waals surface area contributed by atoms with Gasteiger partial charge in [-0.25, -0.2) is 0 Å². The van der Waals surface area contributed by atoms with Gasteiger partial charge in [0.15, 0.2) is 0 Å². The molecule has 1 aliphatic heterocycles. The molecule has 124 valence electrons. The van der Waals surface area contributed by atoms with Gasteiger partial charge in [-0.2, -0.15) is 0 Å². The number of aromatic nitrogens is 1. The molecule has 0 saturated carbocycles. The number of aromatic amines is 1. The molecule has 0 spiro atoms. The number of piperidine rings is 1. The molecule has 23 heavy (non-hydrogen) atoms. The molecule has 5 nitrogen and oxygen atoms in total. The van der Waals surface area contributed by atoms with Crippen LogP contribution in [0.1, 0.15) is 36.0 Å². The highest BCUT2D eigenvalue weighted by Gasteiger charge is 2.28. The predicted octanol–water partition coefficient (Wildman–Crippen LogP) is 2.29. The molecule has 1 unspecified atom stereocenters. The van der Waals surface area contributed by atoms with Crippen LogP contribution in [-0.2, 0) is 0 Å². The number of pyridine rings is 1. The van der Waals surface area contributed by atoms with Crippen LogP contribution in [0, 0.1) is 0 Å². The Morgan fingerprint density at radius 3 is 2.87 bits per heavy atom. The summed E-state index contributed by atoms with van der Waals surface area (Å²) >= 11 is 0. The van der Waals surface area contributed by atoms with Crippen molar-refractivity contribution in [2.24, 2.45) is 5.73 Å². The monoisotopic (exact) mass is 335 g/mol. The van der Waals surface area contributed by atoms with Crippen LogP contribution in [0.3, 0.4) is 0 Å². The normalized spacial score (nSPS) is 17.8. The number of nitrogens with two attached hydrogens (primary N) is 1. The van der Waals surface area contributed by atoms with Crippen molar-refractivity contribution >= 4 is 29.2 Å². The number of nitrogens with zero attached hydrogens (tertiary/aromatic N) is 1. The average Bonchev–Trinajstić information content (AvgIpc) is 2.54. The summed E-state index contributed by atoms with van der Waals surface area (Å²) in [7, 11) is 0. The number of halogens is 1. The van der Waals surface area contributed by atoms with E-state index in [-0.39, 0.29) is 29.9 Å². The van der Waals surface area contributed by atoms with Crippen molar-refractivity contribution in [3.63, 3.8) is 0 Å². The van der Waals surface area contributed by atoms with Gasteiger partial charge in [-0.3, -0.25) is 9.59 Å². The Morgan fingerprint density at radius 2 is 2.09 bits per heavy atom. The fourth-order valence-electron chi connectivity index (χ4n) is 3.30. The van der Waals surface area contributed by atoms with Gasteiger partial charge in [0, 0.05) is 29.6 Å². The molecule has 1 aromatic heterocycles. The first-order valence-corrected chi connectivity index (χ1v) is 7.84. The second-order valence-corrected chi connectivity index (χ2v) is 5.82. The number of carbonyl (C=O) groups is 1. The number of nitrogens with one attached hydrogen (secondary N) is 1. The topological polar surface area (TPSA) is 79.2 Å². The number of benzene rings is 1. The van der Waals surface area contributed by atoms with Crippen molar-refractivity contribution in [2.75, 3.05) is 13.1 Å². The number of fused-ring (bicyclic) bond motifs is 1. The van der Waals surface area contributed by atoms with E-state index in [9.17, 15) is 9.59 Å². The molecule has 0 radical (unpaired) electrons. The maximum Gasteiger partial charge on any atom is 0.254 e. The average molecular weight is 336 g/mol. The van der Waals surface area contributed by atoms with Crippen molar-refractivity contribution in [3.05, 3.63) is 46.2 Å². The van der Waals surface area contributed by atoms with Gasteiger partial charge in [0.2, 0.25) is 5.56 Å². The predicted molar refractivity (Wildman–Crippen MR) is 94.2 cm³/mol. The Bertz CT molecular complexity index is 742. The second kappa shape index (κ2) is 7.62. The van der Waals surface area contributed by atoms with Gasteiger partial charge in [-0.1, -0.05) is 18.2 Å². The first kappa shape index (κ1) is 17.5. The number of hydrogen-bond donors (Lipinski definition) is 2. The lowest BCUT2D eigenvalue weighted by molar-refractivity contribution is 0.0607. The summed E-state index contributed by atoms with van der Waals surface area (Å²) in [4.78, 5) is 29.5. The Labute approximate surface area is 141 Å². The molecule has 0 bridgehead atoms. The number of likely N-dealkylation sites (tertiary alicyclic amines) is 1. The van der Waals surface area contributed by atoms with Crippen molar-refractivity contribution in [2.45, 2.75) is 31.7 Å². The summed E-state index contributed by atoms with van der Waals surface area (Å²) in [6.45, 7) is 1.31. The highest BCUT2D eigenvalue weighted by atomic mass is 35.5. The lowest BCUT2D eigenvalue weighted by Gasteiger charge is -2.36. The van der Waals surface area contributed by atoms with E-state index in [1.807, 2.05) is 29.2 Å². The van der Waals surface area contributed by atoms with Crippen molar-refractivity contribution in [1.82, 2.24) is 9.88 Å². The quantitative estimate of drug-likeness (QED) is 0.903. The molecule has 6 heteroatoms. The van der Waals surface area contributed by atoms with Gasteiger partial charge in [0.1, 0.15) is 0 Å². The molecule has 1 saturated heterocycles. The van der Waals surface area contributed by atoms with Gasteiger partial charge >= 0.3 is 0 Å². The molecule has 2 heterocycles. The summed E-state index contributed by atoms with van der Waals surface area (Å²) < 4.78 is 0. The Hall–Kier alpha value is -1.85. The largest absolute Gasteiger partial charge is 0.336 e. The lowest BCUT2D eigenvalue weighted by Crippen LogP contribution is -2.44. The van der Waals surface area contributed by atoms with Crippen LogP contribution in [0.4, 0.5) is 0 Å². The van der Waals surface area contributed by atoms with Crippen LogP contribution in [0.2, 0.25) is 0 Å². The van der Waals surface area contributed by atoms with E-state index in [0.29, 0.717) is 17.6 Å². The minimum atomic E-state index is -0.241. The van der Waals surface area contributed by atoms with Gasteiger partial charge in [0.25, 0.3) is 5.91 Å². The zero-order valence-corrected chi connectivity index (χ0v) is 13.8. The fourth-order valence-corrected chi connectivity index (χ4v) is 3.30. The highest BCUT2D eigenvalue weighted by Crippen LogP contribution is 2.24. The van der Waals surface area contributed by atoms with Crippen molar-refractivity contribution in [3.8, 4) is 0 Å². The van der Waals surface area contributed by atoms with Crippen molar-refractivity contribution < 1.29 is 4.79 Å². The first-order valence-electron chi connectivity index (χ1n) is 7.84. The number of carbonyl (C=O) groups excluding carboxylic acids is 1. The van der Waals surface area contributed by atoms with Gasteiger partial charge in [-0.05, 0) is 38.3 Å². The molecule has 3 rings (SSSR count). The molecule has 1 amide bonds. The third kappa shape index (κ3) is 3.57. The SMILES string of the molecule is Cl.NCCC1CCCCN1C(=O)c1cc(=O)[nH]c2ccccc12. The summed E-state index contributed by atoms with van der Waals surface area (Å²) in [6, 6.07) is 9.03. The van der Waals surface area contributed by atoms with Crippen LogP contribution in [-0.4, -0.2) is 34.9 Å². The minimum Gasteiger partial charge on any atom is -0.336 e. The smallest absolute Gasteiger partial charge is 0.254 e. The summed E-state index contributed by atoms with van der Waals surface area (Å²) in [6.07, 6.45) is 3.94. The molecule has 1 atom stereocenters. The Balaban J connectivity index is 0.00000192. The van der Waals surface area contributed by atoms with Crippen LogP contribution >= 0.6 is 12.4 Å². The number of para-hydroxylation sites is 1. The number of rotatable bonds is 3. The summed E-state index contributed by atoms with van der Waals surface area (Å²) in [5, 5.41) is 0.796. The van der Waals surface area contributed by atoms with Crippen LogP contribution in [0.25, 0.3) is 10.9 Å². The summed E-state index contributed by atoms with van der Waals surface area (Å²) in [5.74, 6) is -0.0551. The molecule has 0 aliphatic carbocycles. The standard InChI is InChI=1S/C17H21N3O2.ClH/c18-9-8-12-5-3-4-10-20(12)17(22)14-11-16(21)19-15-7-2-1-6-13(14)15;/h1-2,6-7,11-12H,3-5,8-10,18H2,(H,19,21);1H. The van der Waals surface area contributed by atoms with Crippen LogP contribution in [0.15, 0.2) is 35.1 Å². The third-order valence-corrected chi connectivity index (χ3v) is 4.37. The molecule has 1 aromatic carbocycles. The highest BCUT2D eigenvalue weighted by molar-refractivity contribution is 6.06. The zero-order chi connectivity index (χ0) is 15.5. The number of amides is 1. The number of H-pyrrole nitrogens is 1. The van der Waals surface area contributed by atoms with Gasteiger partial charge in [0.05, 0.1) is 5.56 Å². The molecule has 2 aromatic rings. The van der Waals surface area contributed by atoms with E-state index in [4.69, 9.17) is 5.73 Å². The van der Waals surface area contributed by atoms with E-state index in [2.05, 4.69) is 4.98 Å². The van der Waals surface area contributed by atoms with E-state index in [0.717, 1.165) is 37.6 Å². The molecule has 1 fully saturated rings. The number of hydrogen-bond acceptors (Lipinski definition) is 3. The van der Waals surface area contributed by atoms with Gasteiger partial charge < -0.3 is 15.6 Å². The minimum absolute atomic E-state index is 0. The zero-order valence-electron chi connectivity index (χ0n) is 13.0. The first-order chi connectivity index (χ1) is 10.7. The van der Waals surface area contributed by atoms with E-state index in [1.54, 1.807) is 0 Å².